The second-order valence-electron chi connectivity index (χ2n) is 4.36. The molecule has 0 fully saturated rings. The Kier molecular flexibility index (Phi) is 4.70. The lowest BCUT2D eigenvalue weighted by molar-refractivity contribution is 0.350. The van der Waals surface area contributed by atoms with E-state index in [0.717, 1.165) is 19.3 Å². The Bertz CT molecular complexity index is 453. The van der Waals surface area contributed by atoms with Crippen molar-refractivity contribution in [2.24, 2.45) is 5.73 Å². The third-order valence-corrected chi connectivity index (χ3v) is 3.95. The SMILES string of the molecule is CCCC(N)C(CC)n1cc(S(C)(=O)=O)cn1. The van der Waals surface area contributed by atoms with E-state index in [1.165, 1.54) is 12.5 Å². The highest BCUT2D eigenvalue weighted by Crippen LogP contribution is 2.19. The summed E-state index contributed by atoms with van der Waals surface area (Å²) in [5, 5.41) is 4.11. The number of aromatic nitrogens is 2. The highest BCUT2D eigenvalue weighted by Gasteiger charge is 2.19. The fraction of sp³-hybridized carbons (Fsp3) is 0.727. The molecule has 98 valence electrons. The van der Waals surface area contributed by atoms with Crippen LogP contribution in [0.15, 0.2) is 17.3 Å². The molecule has 2 atom stereocenters. The van der Waals surface area contributed by atoms with E-state index in [0.29, 0.717) is 0 Å². The van der Waals surface area contributed by atoms with E-state index < -0.39 is 9.84 Å². The summed E-state index contributed by atoms with van der Waals surface area (Å²) in [5.74, 6) is 0. The molecule has 0 amide bonds. The van der Waals surface area contributed by atoms with Crippen LogP contribution in [0.3, 0.4) is 0 Å². The van der Waals surface area contributed by atoms with Gasteiger partial charge in [-0.15, -0.1) is 0 Å². The summed E-state index contributed by atoms with van der Waals surface area (Å²) in [7, 11) is -3.19. The first-order chi connectivity index (χ1) is 7.90. The van der Waals surface area contributed by atoms with Gasteiger partial charge in [-0.1, -0.05) is 20.3 Å². The molecule has 1 aromatic rings. The molecule has 0 radical (unpaired) electrons. The molecular weight excluding hydrogens is 238 g/mol. The predicted octanol–water partition coefficient (Wildman–Crippen LogP) is 1.37. The zero-order valence-electron chi connectivity index (χ0n) is 10.6. The van der Waals surface area contributed by atoms with Crippen LogP contribution >= 0.6 is 0 Å². The topological polar surface area (TPSA) is 78.0 Å². The van der Waals surface area contributed by atoms with Gasteiger partial charge in [-0.3, -0.25) is 4.68 Å². The van der Waals surface area contributed by atoms with Crippen molar-refractivity contribution in [2.75, 3.05) is 6.26 Å². The first-order valence-electron chi connectivity index (χ1n) is 5.90. The van der Waals surface area contributed by atoms with Crippen molar-refractivity contribution in [3.63, 3.8) is 0 Å². The average Bonchev–Trinajstić information content (AvgIpc) is 2.68. The van der Waals surface area contributed by atoms with E-state index in [9.17, 15) is 8.42 Å². The van der Waals surface area contributed by atoms with Crippen LogP contribution in [0.25, 0.3) is 0 Å². The lowest BCUT2D eigenvalue weighted by atomic mass is 10.0. The molecule has 1 aromatic heterocycles. The van der Waals surface area contributed by atoms with Crippen molar-refractivity contribution in [1.82, 2.24) is 9.78 Å². The normalized spacial score (nSPS) is 15.8. The van der Waals surface area contributed by atoms with Crippen molar-refractivity contribution in [1.29, 1.82) is 0 Å². The van der Waals surface area contributed by atoms with Gasteiger partial charge in [0, 0.05) is 18.5 Å². The number of hydrogen-bond acceptors (Lipinski definition) is 4. The number of nitrogens with two attached hydrogens (primary N) is 1. The van der Waals surface area contributed by atoms with Gasteiger partial charge in [-0.2, -0.15) is 5.10 Å². The maximum atomic E-state index is 11.4. The van der Waals surface area contributed by atoms with Crippen LogP contribution in [0.5, 0.6) is 0 Å². The van der Waals surface area contributed by atoms with Gasteiger partial charge in [-0.25, -0.2) is 8.42 Å². The van der Waals surface area contributed by atoms with Gasteiger partial charge in [0.2, 0.25) is 0 Å². The van der Waals surface area contributed by atoms with Crippen molar-refractivity contribution in [3.05, 3.63) is 12.4 Å². The summed E-state index contributed by atoms with van der Waals surface area (Å²) >= 11 is 0. The molecule has 0 aliphatic carbocycles. The van der Waals surface area contributed by atoms with Gasteiger partial charge < -0.3 is 5.73 Å². The monoisotopic (exact) mass is 259 g/mol. The van der Waals surface area contributed by atoms with Crippen LogP contribution in [0, 0.1) is 0 Å². The zero-order valence-corrected chi connectivity index (χ0v) is 11.4. The van der Waals surface area contributed by atoms with Gasteiger partial charge in [0.1, 0.15) is 4.90 Å². The van der Waals surface area contributed by atoms with E-state index in [1.54, 1.807) is 10.9 Å². The molecule has 1 heterocycles. The van der Waals surface area contributed by atoms with Crippen molar-refractivity contribution in [3.8, 4) is 0 Å². The molecule has 5 nitrogen and oxygen atoms in total. The van der Waals surface area contributed by atoms with E-state index in [1.807, 2.05) is 6.92 Å². The summed E-state index contributed by atoms with van der Waals surface area (Å²) in [4.78, 5) is 0.250. The zero-order chi connectivity index (χ0) is 13.1. The Morgan fingerprint density at radius 3 is 2.53 bits per heavy atom. The summed E-state index contributed by atoms with van der Waals surface area (Å²) < 4.78 is 24.4. The quantitative estimate of drug-likeness (QED) is 0.836. The van der Waals surface area contributed by atoms with Crippen LogP contribution < -0.4 is 5.73 Å². The number of nitrogens with zero attached hydrogens (tertiary/aromatic N) is 2. The van der Waals surface area contributed by atoms with E-state index in [2.05, 4.69) is 12.0 Å². The molecule has 2 N–H and O–H groups in total. The maximum absolute atomic E-state index is 11.4. The molecule has 0 aromatic carbocycles. The summed E-state index contributed by atoms with van der Waals surface area (Å²) in [6.45, 7) is 4.11. The minimum atomic E-state index is -3.19. The molecule has 0 aliphatic rings. The van der Waals surface area contributed by atoms with Gasteiger partial charge >= 0.3 is 0 Å². The third kappa shape index (κ3) is 3.54. The largest absolute Gasteiger partial charge is 0.326 e. The van der Waals surface area contributed by atoms with Gasteiger partial charge in [0.25, 0.3) is 0 Å². The van der Waals surface area contributed by atoms with Gasteiger partial charge in [0.05, 0.1) is 12.2 Å². The second kappa shape index (κ2) is 5.64. The van der Waals surface area contributed by atoms with Crippen molar-refractivity contribution >= 4 is 9.84 Å². The summed E-state index contributed by atoms with van der Waals surface area (Å²) in [6.07, 6.45) is 6.90. The number of hydrogen-bond donors (Lipinski definition) is 1. The van der Waals surface area contributed by atoms with Crippen LogP contribution in [-0.2, 0) is 9.84 Å². The molecule has 6 heteroatoms. The summed E-state index contributed by atoms with van der Waals surface area (Å²) in [5.41, 5.74) is 6.08. The molecule has 2 unspecified atom stereocenters. The Labute approximate surface area is 103 Å². The third-order valence-electron chi connectivity index (χ3n) is 2.88. The van der Waals surface area contributed by atoms with E-state index in [-0.39, 0.29) is 17.0 Å². The first-order valence-corrected chi connectivity index (χ1v) is 7.79. The molecule has 0 aliphatic heterocycles. The lowest BCUT2D eigenvalue weighted by Gasteiger charge is -2.22. The van der Waals surface area contributed by atoms with Crippen LogP contribution in [-0.4, -0.2) is 30.5 Å². The van der Waals surface area contributed by atoms with Crippen LogP contribution in [0.4, 0.5) is 0 Å². The Morgan fingerprint density at radius 2 is 2.12 bits per heavy atom. The van der Waals surface area contributed by atoms with Crippen molar-refractivity contribution in [2.45, 2.75) is 50.1 Å². The van der Waals surface area contributed by atoms with Gasteiger partial charge in [-0.05, 0) is 12.8 Å². The minimum Gasteiger partial charge on any atom is -0.326 e. The molecule has 0 spiro atoms. The minimum absolute atomic E-state index is 0.0114. The number of sulfone groups is 1. The van der Waals surface area contributed by atoms with E-state index in [4.69, 9.17) is 5.73 Å². The smallest absolute Gasteiger partial charge is 0.178 e. The van der Waals surface area contributed by atoms with E-state index >= 15 is 0 Å². The fourth-order valence-electron chi connectivity index (χ4n) is 1.91. The Hall–Kier alpha value is -0.880. The summed E-state index contributed by atoms with van der Waals surface area (Å²) in [6, 6.07) is 0.0720. The highest BCUT2D eigenvalue weighted by atomic mass is 32.2. The predicted molar refractivity (Wildman–Crippen MR) is 67.5 cm³/mol. The van der Waals surface area contributed by atoms with Crippen LogP contribution in [0.2, 0.25) is 0 Å². The standard InChI is InChI=1S/C11H21N3O2S/c1-4-6-10(12)11(5-2)14-8-9(7-13-14)17(3,15)16/h7-8,10-11H,4-6,12H2,1-3H3. The first kappa shape index (κ1) is 14.2. The van der Waals surface area contributed by atoms with Crippen molar-refractivity contribution < 1.29 is 8.42 Å². The number of rotatable bonds is 6. The Morgan fingerprint density at radius 1 is 1.47 bits per heavy atom. The van der Waals surface area contributed by atoms with Gasteiger partial charge in [0.15, 0.2) is 9.84 Å². The molecule has 0 saturated carbocycles. The van der Waals surface area contributed by atoms with Crippen LogP contribution in [0.1, 0.15) is 39.2 Å². The second-order valence-corrected chi connectivity index (χ2v) is 6.37. The molecular formula is C11H21N3O2S. The Balaban J connectivity index is 2.94. The fourth-order valence-corrected chi connectivity index (χ4v) is 2.44. The lowest BCUT2D eigenvalue weighted by Crippen LogP contribution is -2.32. The molecule has 0 bridgehead atoms. The average molecular weight is 259 g/mol. The molecule has 0 saturated heterocycles. The molecule has 1 rings (SSSR count). The molecule has 17 heavy (non-hydrogen) atoms. The highest BCUT2D eigenvalue weighted by molar-refractivity contribution is 7.90. The maximum Gasteiger partial charge on any atom is 0.178 e.